The molecule has 4 saturated carbocycles. The molecule has 4 rings (SSSR count). The standard InChI is InChI=1S/C13H20N2O3/c14-12(18)15(7-11(16)17)13-4-8-1-9(5-13)3-10(2-8)6-13/h8-10H,1-7H2,(H2,14,18)(H,16,17). The molecule has 0 aromatic carbocycles. The predicted octanol–water partition coefficient (Wildman–Crippen LogP) is 1.42. The molecule has 4 bridgehead atoms. The highest BCUT2D eigenvalue weighted by atomic mass is 16.4. The zero-order valence-electron chi connectivity index (χ0n) is 10.5. The van der Waals surface area contributed by atoms with Gasteiger partial charge in [-0.15, -0.1) is 0 Å². The Bertz CT molecular complexity index is 358. The lowest BCUT2D eigenvalue weighted by Crippen LogP contribution is -2.63. The van der Waals surface area contributed by atoms with Crippen LogP contribution in [0.2, 0.25) is 0 Å². The number of carbonyl (C=O) groups is 2. The summed E-state index contributed by atoms with van der Waals surface area (Å²) in [4.78, 5) is 24.0. The highest BCUT2D eigenvalue weighted by molar-refractivity contribution is 5.79. The van der Waals surface area contributed by atoms with Gasteiger partial charge in [-0.25, -0.2) is 4.79 Å². The fraction of sp³-hybridized carbons (Fsp3) is 0.846. The van der Waals surface area contributed by atoms with E-state index in [9.17, 15) is 9.59 Å². The summed E-state index contributed by atoms with van der Waals surface area (Å²) in [7, 11) is 0. The third kappa shape index (κ3) is 1.76. The van der Waals surface area contributed by atoms with Gasteiger partial charge in [0.05, 0.1) is 0 Å². The van der Waals surface area contributed by atoms with E-state index < -0.39 is 12.0 Å². The third-order valence-corrected chi connectivity index (χ3v) is 5.14. The van der Waals surface area contributed by atoms with Crippen molar-refractivity contribution in [3.8, 4) is 0 Å². The number of nitrogens with zero attached hydrogens (tertiary/aromatic N) is 1. The molecule has 0 heterocycles. The van der Waals surface area contributed by atoms with E-state index in [0.717, 1.165) is 19.3 Å². The average molecular weight is 252 g/mol. The molecule has 4 aliphatic carbocycles. The van der Waals surface area contributed by atoms with Crippen LogP contribution in [0.5, 0.6) is 0 Å². The second-order valence-corrected chi connectivity index (χ2v) is 6.46. The van der Waals surface area contributed by atoms with Crippen molar-refractivity contribution in [3.63, 3.8) is 0 Å². The molecule has 0 radical (unpaired) electrons. The maximum Gasteiger partial charge on any atom is 0.323 e. The molecule has 18 heavy (non-hydrogen) atoms. The van der Waals surface area contributed by atoms with Crippen molar-refractivity contribution in [1.29, 1.82) is 0 Å². The van der Waals surface area contributed by atoms with Gasteiger partial charge in [0.15, 0.2) is 0 Å². The van der Waals surface area contributed by atoms with Gasteiger partial charge in [0, 0.05) is 5.54 Å². The van der Waals surface area contributed by atoms with E-state index in [2.05, 4.69) is 0 Å². The Morgan fingerprint density at radius 2 is 1.56 bits per heavy atom. The van der Waals surface area contributed by atoms with Crippen LogP contribution in [-0.2, 0) is 4.79 Å². The molecule has 5 heteroatoms. The normalized spacial score (nSPS) is 40.8. The van der Waals surface area contributed by atoms with Crippen molar-refractivity contribution >= 4 is 12.0 Å². The van der Waals surface area contributed by atoms with Crippen molar-refractivity contribution in [3.05, 3.63) is 0 Å². The third-order valence-electron chi connectivity index (χ3n) is 5.14. The minimum atomic E-state index is -0.968. The monoisotopic (exact) mass is 252 g/mol. The zero-order valence-corrected chi connectivity index (χ0v) is 10.5. The van der Waals surface area contributed by atoms with E-state index in [1.54, 1.807) is 0 Å². The minimum Gasteiger partial charge on any atom is -0.480 e. The highest BCUT2D eigenvalue weighted by Gasteiger charge is 2.54. The van der Waals surface area contributed by atoms with Crippen LogP contribution in [0.1, 0.15) is 38.5 Å². The molecule has 2 amide bonds. The van der Waals surface area contributed by atoms with Gasteiger partial charge < -0.3 is 15.7 Å². The van der Waals surface area contributed by atoms with Crippen LogP contribution in [0.3, 0.4) is 0 Å². The Labute approximate surface area is 106 Å². The summed E-state index contributed by atoms with van der Waals surface area (Å²) < 4.78 is 0. The summed E-state index contributed by atoms with van der Waals surface area (Å²) in [5.41, 5.74) is 5.18. The molecule has 0 atom stereocenters. The fourth-order valence-corrected chi connectivity index (χ4v) is 5.01. The van der Waals surface area contributed by atoms with E-state index in [4.69, 9.17) is 10.8 Å². The number of rotatable bonds is 3. The molecule has 0 unspecified atom stereocenters. The topological polar surface area (TPSA) is 83.6 Å². The molecule has 100 valence electrons. The Morgan fingerprint density at radius 1 is 1.11 bits per heavy atom. The Balaban J connectivity index is 1.88. The van der Waals surface area contributed by atoms with Gasteiger partial charge in [0.2, 0.25) is 0 Å². The van der Waals surface area contributed by atoms with Crippen molar-refractivity contribution in [2.75, 3.05) is 6.54 Å². The van der Waals surface area contributed by atoms with Gasteiger partial charge in [0.25, 0.3) is 0 Å². The number of urea groups is 1. The van der Waals surface area contributed by atoms with Crippen molar-refractivity contribution in [2.45, 2.75) is 44.1 Å². The summed E-state index contributed by atoms with van der Waals surface area (Å²) in [5, 5.41) is 8.98. The number of hydrogen-bond donors (Lipinski definition) is 2. The molecule has 0 aromatic heterocycles. The number of carbonyl (C=O) groups excluding carboxylic acids is 1. The van der Waals surface area contributed by atoms with Gasteiger partial charge in [0.1, 0.15) is 6.54 Å². The summed E-state index contributed by atoms with van der Waals surface area (Å²) in [6, 6.07) is -0.570. The van der Waals surface area contributed by atoms with Crippen LogP contribution in [-0.4, -0.2) is 34.1 Å². The van der Waals surface area contributed by atoms with Gasteiger partial charge in [-0.3, -0.25) is 4.79 Å². The largest absolute Gasteiger partial charge is 0.480 e. The molecule has 0 aromatic rings. The predicted molar refractivity (Wildman–Crippen MR) is 64.8 cm³/mol. The number of hydrogen-bond acceptors (Lipinski definition) is 2. The Hall–Kier alpha value is -1.26. The first kappa shape index (κ1) is 11.8. The van der Waals surface area contributed by atoms with Crippen LogP contribution >= 0.6 is 0 Å². The van der Waals surface area contributed by atoms with E-state index in [1.165, 1.54) is 24.2 Å². The quantitative estimate of drug-likeness (QED) is 0.796. The first-order chi connectivity index (χ1) is 8.48. The van der Waals surface area contributed by atoms with Gasteiger partial charge in [-0.05, 0) is 56.3 Å². The maximum absolute atomic E-state index is 11.6. The summed E-state index contributed by atoms with van der Waals surface area (Å²) in [6.07, 6.45) is 6.65. The molecule has 3 N–H and O–H groups in total. The number of amides is 2. The van der Waals surface area contributed by atoms with Gasteiger partial charge in [-0.1, -0.05) is 0 Å². The lowest BCUT2D eigenvalue weighted by molar-refractivity contribution is -0.142. The second-order valence-electron chi connectivity index (χ2n) is 6.46. The molecular formula is C13H20N2O3. The lowest BCUT2D eigenvalue weighted by Gasteiger charge is -2.59. The van der Waals surface area contributed by atoms with E-state index >= 15 is 0 Å². The minimum absolute atomic E-state index is 0.249. The lowest BCUT2D eigenvalue weighted by atomic mass is 9.52. The van der Waals surface area contributed by atoms with Crippen LogP contribution in [0.4, 0.5) is 4.79 Å². The smallest absolute Gasteiger partial charge is 0.323 e. The highest BCUT2D eigenvalue weighted by Crippen LogP contribution is 2.57. The number of carboxylic acid groups (broad SMARTS) is 1. The second kappa shape index (κ2) is 3.87. The summed E-state index contributed by atoms with van der Waals surface area (Å²) >= 11 is 0. The molecule has 0 spiro atoms. The maximum atomic E-state index is 11.6. The number of carboxylic acids is 1. The number of nitrogens with two attached hydrogens (primary N) is 1. The van der Waals surface area contributed by atoms with E-state index in [-0.39, 0.29) is 12.1 Å². The van der Waals surface area contributed by atoms with E-state index in [0.29, 0.717) is 17.8 Å². The van der Waals surface area contributed by atoms with Crippen molar-refractivity contribution < 1.29 is 14.7 Å². The van der Waals surface area contributed by atoms with Crippen molar-refractivity contribution in [1.82, 2.24) is 4.90 Å². The van der Waals surface area contributed by atoms with Crippen LogP contribution in [0, 0.1) is 17.8 Å². The van der Waals surface area contributed by atoms with Crippen molar-refractivity contribution in [2.24, 2.45) is 23.5 Å². The SMILES string of the molecule is NC(=O)N(CC(=O)O)C12CC3CC(CC(C3)C1)C2. The number of aliphatic carboxylic acids is 1. The van der Waals surface area contributed by atoms with Crippen LogP contribution in [0.25, 0.3) is 0 Å². The first-order valence-electron chi connectivity index (χ1n) is 6.77. The first-order valence-corrected chi connectivity index (χ1v) is 6.77. The van der Waals surface area contributed by atoms with Gasteiger partial charge in [-0.2, -0.15) is 0 Å². The van der Waals surface area contributed by atoms with Crippen LogP contribution in [0.15, 0.2) is 0 Å². The molecule has 4 fully saturated rings. The zero-order chi connectivity index (χ0) is 12.9. The Morgan fingerprint density at radius 3 is 1.89 bits per heavy atom. The molecule has 4 aliphatic rings. The Kier molecular flexibility index (Phi) is 2.54. The number of primary amides is 1. The van der Waals surface area contributed by atoms with E-state index in [1.807, 2.05) is 0 Å². The summed E-state index contributed by atoms with van der Waals surface area (Å²) in [6.45, 7) is -0.249. The molecular weight excluding hydrogens is 232 g/mol. The molecule has 5 nitrogen and oxygen atoms in total. The molecule has 0 saturated heterocycles. The fourth-order valence-electron chi connectivity index (χ4n) is 5.01. The van der Waals surface area contributed by atoms with Crippen LogP contribution < -0.4 is 5.73 Å². The summed E-state index contributed by atoms with van der Waals surface area (Å²) in [5.74, 6) is 1.05. The average Bonchev–Trinajstić information content (AvgIpc) is 2.23. The molecule has 0 aliphatic heterocycles. The van der Waals surface area contributed by atoms with Gasteiger partial charge >= 0.3 is 12.0 Å².